The van der Waals surface area contributed by atoms with Gasteiger partial charge in [0.1, 0.15) is 0 Å². The van der Waals surface area contributed by atoms with Gasteiger partial charge in [0.25, 0.3) is 0 Å². The van der Waals surface area contributed by atoms with Crippen molar-refractivity contribution in [3.8, 4) is 0 Å². The van der Waals surface area contributed by atoms with Crippen LogP contribution < -0.4 is 5.73 Å². The zero-order valence-corrected chi connectivity index (χ0v) is 14.3. The van der Waals surface area contributed by atoms with Gasteiger partial charge in [-0.3, -0.25) is 4.98 Å². The van der Waals surface area contributed by atoms with Gasteiger partial charge in [0.15, 0.2) is 0 Å². The molecule has 0 aromatic carbocycles. The molecule has 1 aromatic heterocycles. The lowest BCUT2D eigenvalue weighted by molar-refractivity contribution is 0.00578. The summed E-state index contributed by atoms with van der Waals surface area (Å²) in [6.45, 7) is 8.05. The SMILES string of the molecule is CC1(C)OB(C(=Cc2ncc(Cl)cc2N)CS)OC1(C)C. The number of anilines is 1. The molecule has 4 nitrogen and oxygen atoms in total. The number of halogens is 1. The van der Waals surface area contributed by atoms with Gasteiger partial charge in [0.05, 0.1) is 27.6 Å². The molecule has 0 atom stereocenters. The van der Waals surface area contributed by atoms with Crippen LogP contribution in [0.3, 0.4) is 0 Å². The highest BCUT2D eigenvalue weighted by Crippen LogP contribution is 2.39. The van der Waals surface area contributed by atoms with Crippen LogP contribution in [-0.4, -0.2) is 29.1 Å². The zero-order valence-electron chi connectivity index (χ0n) is 12.7. The molecule has 1 aromatic rings. The maximum atomic E-state index is 6.02. The molecule has 0 amide bonds. The molecule has 0 saturated carbocycles. The molecule has 1 aliphatic rings. The lowest BCUT2D eigenvalue weighted by Crippen LogP contribution is -2.41. The molecule has 0 radical (unpaired) electrons. The molecule has 2 rings (SSSR count). The Kier molecular flexibility index (Phi) is 4.64. The summed E-state index contributed by atoms with van der Waals surface area (Å²) >= 11 is 10.2. The molecular weight excluding hydrogens is 306 g/mol. The van der Waals surface area contributed by atoms with E-state index in [-0.39, 0.29) is 0 Å². The van der Waals surface area contributed by atoms with Crippen molar-refractivity contribution >= 4 is 43.1 Å². The summed E-state index contributed by atoms with van der Waals surface area (Å²) in [5.74, 6) is 0.487. The minimum absolute atomic E-state index is 0.390. The van der Waals surface area contributed by atoms with E-state index in [2.05, 4.69) is 17.6 Å². The topological polar surface area (TPSA) is 57.4 Å². The molecule has 1 fully saturated rings. The molecule has 21 heavy (non-hydrogen) atoms. The average molecular weight is 327 g/mol. The predicted molar refractivity (Wildman–Crippen MR) is 91.6 cm³/mol. The van der Waals surface area contributed by atoms with Crippen LogP contribution in [0.1, 0.15) is 33.4 Å². The van der Waals surface area contributed by atoms with Crippen molar-refractivity contribution in [3.05, 3.63) is 28.5 Å². The Labute approximate surface area is 136 Å². The monoisotopic (exact) mass is 326 g/mol. The van der Waals surface area contributed by atoms with Crippen LogP contribution in [0.25, 0.3) is 6.08 Å². The highest BCUT2D eigenvalue weighted by Gasteiger charge is 2.52. The average Bonchev–Trinajstić information content (AvgIpc) is 2.57. The first-order valence-electron chi connectivity index (χ1n) is 6.74. The Balaban J connectivity index is 2.31. The van der Waals surface area contributed by atoms with Crippen molar-refractivity contribution in [3.63, 3.8) is 0 Å². The third-order valence-electron chi connectivity index (χ3n) is 3.98. The number of hydrogen-bond acceptors (Lipinski definition) is 5. The lowest BCUT2D eigenvalue weighted by atomic mass is 9.78. The Morgan fingerprint density at radius 2 is 1.95 bits per heavy atom. The van der Waals surface area contributed by atoms with Gasteiger partial charge in [-0.1, -0.05) is 11.6 Å². The normalized spacial score (nSPS) is 20.9. The standard InChI is InChI=1S/C14H20BClN2O2S/c1-13(2)14(3,4)20-15(19-13)9(8-21)5-12-11(17)6-10(16)7-18-12/h5-7,21H,8,17H2,1-4H3. The van der Waals surface area contributed by atoms with Crippen LogP contribution >= 0.6 is 24.2 Å². The summed E-state index contributed by atoms with van der Waals surface area (Å²) in [6, 6.07) is 1.67. The van der Waals surface area contributed by atoms with Gasteiger partial charge in [-0.05, 0) is 45.3 Å². The Hall–Kier alpha value is -0.685. The molecular formula is C14H20BClN2O2S. The van der Waals surface area contributed by atoms with E-state index < -0.39 is 18.3 Å². The lowest BCUT2D eigenvalue weighted by Gasteiger charge is -2.32. The second kappa shape index (κ2) is 5.84. The van der Waals surface area contributed by atoms with E-state index in [0.29, 0.717) is 22.2 Å². The second-order valence-corrected chi connectivity index (χ2v) is 6.85. The predicted octanol–water partition coefficient (Wildman–Crippen LogP) is 3.26. The smallest absolute Gasteiger partial charge is 0.400 e. The largest absolute Gasteiger partial charge is 0.491 e. The van der Waals surface area contributed by atoms with Gasteiger partial charge < -0.3 is 15.0 Å². The van der Waals surface area contributed by atoms with Crippen molar-refractivity contribution in [2.45, 2.75) is 38.9 Å². The highest BCUT2D eigenvalue weighted by atomic mass is 35.5. The number of hydrogen-bond donors (Lipinski definition) is 2. The van der Waals surface area contributed by atoms with E-state index in [4.69, 9.17) is 26.6 Å². The van der Waals surface area contributed by atoms with E-state index in [1.807, 2.05) is 33.8 Å². The fourth-order valence-electron chi connectivity index (χ4n) is 1.94. The van der Waals surface area contributed by atoms with Gasteiger partial charge >= 0.3 is 7.12 Å². The molecule has 0 unspecified atom stereocenters. The van der Waals surface area contributed by atoms with E-state index in [0.717, 1.165) is 5.47 Å². The number of pyridine rings is 1. The molecule has 2 heterocycles. The molecule has 0 bridgehead atoms. The summed E-state index contributed by atoms with van der Waals surface area (Å²) < 4.78 is 12.0. The first-order chi connectivity index (χ1) is 9.66. The van der Waals surface area contributed by atoms with E-state index in [1.165, 1.54) is 0 Å². The minimum Gasteiger partial charge on any atom is -0.400 e. The number of thiol groups is 1. The van der Waals surface area contributed by atoms with Crippen molar-refractivity contribution in [2.24, 2.45) is 0 Å². The molecule has 2 N–H and O–H groups in total. The van der Waals surface area contributed by atoms with Crippen LogP contribution in [-0.2, 0) is 9.31 Å². The quantitative estimate of drug-likeness (QED) is 0.661. The fraction of sp³-hybridized carbons (Fsp3) is 0.500. The fourth-order valence-corrected chi connectivity index (χ4v) is 2.35. The number of nitrogens with two attached hydrogens (primary N) is 1. The number of nitrogens with zero attached hydrogens (tertiary/aromatic N) is 1. The molecule has 0 spiro atoms. The van der Waals surface area contributed by atoms with Gasteiger partial charge in [0, 0.05) is 11.9 Å². The van der Waals surface area contributed by atoms with Crippen LogP contribution in [0, 0.1) is 0 Å². The van der Waals surface area contributed by atoms with Crippen molar-refractivity contribution in [1.29, 1.82) is 0 Å². The maximum absolute atomic E-state index is 6.02. The Morgan fingerprint density at radius 1 is 1.38 bits per heavy atom. The van der Waals surface area contributed by atoms with E-state index in [9.17, 15) is 0 Å². The molecule has 0 aliphatic carbocycles. The van der Waals surface area contributed by atoms with Gasteiger partial charge in [0.2, 0.25) is 0 Å². The Morgan fingerprint density at radius 3 is 2.43 bits per heavy atom. The first-order valence-corrected chi connectivity index (χ1v) is 7.75. The summed E-state index contributed by atoms with van der Waals surface area (Å²) in [5, 5.41) is 0.507. The van der Waals surface area contributed by atoms with Crippen LogP contribution in [0.2, 0.25) is 5.02 Å². The highest BCUT2D eigenvalue weighted by molar-refractivity contribution is 7.80. The van der Waals surface area contributed by atoms with E-state index in [1.54, 1.807) is 12.3 Å². The minimum atomic E-state index is -0.454. The molecule has 1 aliphatic heterocycles. The third-order valence-corrected chi connectivity index (χ3v) is 4.55. The second-order valence-electron chi connectivity index (χ2n) is 6.09. The Bertz CT molecular complexity index is 562. The van der Waals surface area contributed by atoms with Gasteiger partial charge in [-0.2, -0.15) is 12.6 Å². The van der Waals surface area contributed by atoms with Gasteiger partial charge in [-0.25, -0.2) is 0 Å². The molecule has 7 heteroatoms. The van der Waals surface area contributed by atoms with Crippen LogP contribution in [0.5, 0.6) is 0 Å². The van der Waals surface area contributed by atoms with Crippen LogP contribution in [0.4, 0.5) is 5.69 Å². The third kappa shape index (κ3) is 3.39. The number of nitrogen functional groups attached to an aromatic ring is 1. The maximum Gasteiger partial charge on any atom is 0.491 e. The van der Waals surface area contributed by atoms with Crippen molar-refractivity contribution < 1.29 is 9.31 Å². The molecule has 1 saturated heterocycles. The van der Waals surface area contributed by atoms with Crippen LogP contribution in [0.15, 0.2) is 17.7 Å². The van der Waals surface area contributed by atoms with E-state index >= 15 is 0 Å². The number of aromatic nitrogens is 1. The van der Waals surface area contributed by atoms with Crippen molar-refractivity contribution in [1.82, 2.24) is 4.98 Å². The summed E-state index contributed by atoms with van der Waals surface area (Å²) in [5.41, 5.74) is 7.17. The summed E-state index contributed by atoms with van der Waals surface area (Å²) in [6.07, 6.45) is 3.41. The summed E-state index contributed by atoms with van der Waals surface area (Å²) in [4.78, 5) is 4.23. The van der Waals surface area contributed by atoms with Gasteiger partial charge in [-0.15, -0.1) is 0 Å². The summed E-state index contributed by atoms with van der Waals surface area (Å²) in [7, 11) is -0.454. The zero-order chi connectivity index (χ0) is 15.8. The first kappa shape index (κ1) is 16.7. The number of rotatable bonds is 3. The molecule has 114 valence electrons. The van der Waals surface area contributed by atoms with Crippen molar-refractivity contribution in [2.75, 3.05) is 11.5 Å².